The maximum Gasteiger partial charge on any atom is 0.247 e. The van der Waals surface area contributed by atoms with Crippen LogP contribution in [0.25, 0.3) is 17.1 Å². The number of para-hydroxylation sites is 3. The number of aromatic amines is 1. The molecule has 3 aromatic rings. The minimum Gasteiger partial charge on any atom is -0.496 e. The lowest BCUT2D eigenvalue weighted by Crippen LogP contribution is -2.29. The van der Waals surface area contributed by atoms with E-state index in [1.165, 1.54) is 0 Å². The summed E-state index contributed by atoms with van der Waals surface area (Å²) in [5, 5.41) is 0. The number of ether oxygens (including phenoxy) is 1. The monoisotopic (exact) mass is 347 g/mol. The maximum atomic E-state index is 12.8. The fourth-order valence-corrected chi connectivity index (χ4v) is 3.51. The number of fused-ring (bicyclic) bond motifs is 1. The molecule has 0 saturated carbocycles. The first-order valence-corrected chi connectivity index (χ1v) is 8.82. The molecule has 4 rings (SSSR count). The number of nitrogens with zero attached hydrogens (tertiary/aromatic N) is 2. The predicted molar refractivity (Wildman–Crippen MR) is 102 cm³/mol. The SMILES string of the molecule is COc1ccccc1C=CC(=O)N1CCCC1c1nc2ccccc2[nH]1. The molecule has 0 radical (unpaired) electrons. The minimum absolute atomic E-state index is 0.00105. The normalized spacial score (nSPS) is 17.3. The molecule has 1 atom stereocenters. The van der Waals surface area contributed by atoms with Gasteiger partial charge in [-0.15, -0.1) is 0 Å². The highest BCUT2D eigenvalue weighted by Crippen LogP contribution is 2.31. The lowest BCUT2D eigenvalue weighted by Gasteiger charge is -2.21. The van der Waals surface area contributed by atoms with Gasteiger partial charge in [0.25, 0.3) is 0 Å². The van der Waals surface area contributed by atoms with Crippen molar-refractivity contribution >= 4 is 23.0 Å². The van der Waals surface area contributed by atoms with E-state index in [2.05, 4.69) is 9.97 Å². The summed E-state index contributed by atoms with van der Waals surface area (Å²) in [5.74, 6) is 1.62. The van der Waals surface area contributed by atoms with E-state index < -0.39 is 0 Å². The van der Waals surface area contributed by atoms with Gasteiger partial charge in [-0.1, -0.05) is 30.3 Å². The lowest BCUT2D eigenvalue weighted by molar-refractivity contribution is -0.126. The number of imidazole rings is 1. The maximum absolute atomic E-state index is 12.8. The van der Waals surface area contributed by atoms with Crippen molar-refractivity contribution in [1.82, 2.24) is 14.9 Å². The predicted octanol–water partition coefficient (Wildman–Crippen LogP) is 3.95. The van der Waals surface area contributed by atoms with E-state index in [9.17, 15) is 4.79 Å². The number of aromatic nitrogens is 2. The van der Waals surface area contributed by atoms with Crippen molar-refractivity contribution in [3.63, 3.8) is 0 Å². The van der Waals surface area contributed by atoms with Crippen molar-refractivity contribution in [2.75, 3.05) is 13.7 Å². The Morgan fingerprint density at radius 1 is 1.23 bits per heavy atom. The zero-order valence-electron chi connectivity index (χ0n) is 14.7. The topological polar surface area (TPSA) is 58.2 Å². The van der Waals surface area contributed by atoms with Crippen LogP contribution in [0.2, 0.25) is 0 Å². The molecule has 1 saturated heterocycles. The average Bonchev–Trinajstić information content (AvgIpc) is 3.32. The average molecular weight is 347 g/mol. The van der Waals surface area contributed by atoms with Crippen LogP contribution in [-0.4, -0.2) is 34.4 Å². The van der Waals surface area contributed by atoms with Gasteiger partial charge in [0.2, 0.25) is 5.91 Å². The Morgan fingerprint density at radius 3 is 2.88 bits per heavy atom. The summed E-state index contributed by atoms with van der Waals surface area (Å²) in [6.45, 7) is 0.747. The van der Waals surface area contributed by atoms with Gasteiger partial charge in [0.1, 0.15) is 11.6 Å². The van der Waals surface area contributed by atoms with E-state index >= 15 is 0 Å². The Bertz CT molecular complexity index is 928. The first-order valence-electron chi connectivity index (χ1n) is 8.82. The standard InChI is InChI=1S/C21H21N3O2/c1-26-19-11-5-2-7-15(19)12-13-20(25)24-14-6-10-18(24)21-22-16-8-3-4-9-17(16)23-21/h2-5,7-9,11-13,18H,6,10,14H2,1H3,(H,22,23). The number of H-pyrrole nitrogens is 1. The fourth-order valence-electron chi connectivity index (χ4n) is 3.51. The number of rotatable bonds is 4. The number of hydrogen-bond acceptors (Lipinski definition) is 3. The van der Waals surface area contributed by atoms with Crippen LogP contribution in [0.3, 0.4) is 0 Å². The van der Waals surface area contributed by atoms with Gasteiger partial charge in [0.05, 0.1) is 24.2 Å². The number of carbonyl (C=O) groups excluding carboxylic acids is 1. The van der Waals surface area contributed by atoms with Gasteiger partial charge >= 0.3 is 0 Å². The van der Waals surface area contributed by atoms with Crippen molar-refractivity contribution in [2.45, 2.75) is 18.9 Å². The highest BCUT2D eigenvalue weighted by molar-refractivity contribution is 5.92. The summed E-state index contributed by atoms with van der Waals surface area (Å²) in [4.78, 5) is 22.7. The second-order valence-electron chi connectivity index (χ2n) is 6.40. The molecule has 1 aliphatic heterocycles. The van der Waals surface area contributed by atoms with Crippen LogP contribution in [0.15, 0.2) is 54.6 Å². The fraction of sp³-hybridized carbons (Fsp3) is 0.238. The van der Waals surface area contributed by atoms with E-state index in [0.717, 1.165) is 47.6 Å². The third-order valence-corrected chi connectivity index (χ3v) is 4.80. The Kier molecular flexibility index (Phi) is 4.44. The van der Waals surface area contributed by atoms with Crippen molar-refractivity contribution < 1.29 is 9.53 Å². The Hall–Kier alpha value is -3.08. The van der Waals surface area contributed by atoms with Crippen molar-refractivity contribution in [2.24, 2.45) is 0 Å². The molecule has 5 nitrogen and oxygen atoms in total. The molecule has 1 aromatic heterocycles. The smallest absolute Gasteiger partial charge is 0.247 e. The summed E-state index contributed by atoms with van der Waals surface area (Å²) in [6, 6.07) is 15.6. The largest absolute Gasteiger partial charge is 0.496 e. The third kappa shape index (κ3) is 3.08. The summed E-state index contributed by atoms with van der Waals surface area (Å²) in [6.07, 6.45) is 5.35. The highest BCUT2D eigenvalue weighted by atomic mass is 16.5. The van der Waals surface area contributed by atoms with Crippen molar-refractivity contribution in [1.29, 1.82) is 0 Å². The molecule has 0 spiro atoms. The number of amides is 1. The van der Waals surface area contributed by atoms with Gasteiger partial charge in [0.15, 0.2) is 0 Å². The van der Waals surface area contributed by atoms with Crippen LogP contribution in [0, 0.1) is 0 Å². The second-order valence-corrected chi connectivity index (χ2v) is 6.40. The van der Waals surface area contributed by atoms with Crippen molar-refractivity contribution in [3.8, 4) is 5.75 Å². The minimum atomic E-state index is -0.00258. The zero-order chi connectivity index (χ0) is 17.9. The van der Waals surface area contributed by atoms with E-state index in [4.69, 9.17) is 4.74 Å². The molecule has 0 aliphatic carbocycles. The first kappa shape index (κ1) is 16.4. The molecule has 0 bridgehead atoms. The summed E-state index contributed by atoms with van der Waals surface area (Å²) < 4.78 is 5.34. The number of carbonyl (C=O) groups is 1. The van der Waals surface area contributed by atoms with Gasteiger partial charge in [0, 0.05) is 18.2 Å². The van der Waals surface area contributed by atoms with E-state index in [-0.39, 0.29) is 11.9 Å². The van der Waals surface area contributed by atoms with Crippen LogP contribution in [0.5, 0.6) is 5.75 Å². The van der Waals surface area contributed by atoms with Crippen LogP contribution in [0.4, 0.5) is 0 Å². The van der Waals surface area contributed by atoms with E-state index in [1.807, 2.05) is 59.5 Å². The van der Waals surface area contributed by atoms with Crippen molar-refractivity contribution in [3.05, 3.63) is 66.0 Å². The summed E-state index contributed by atoms with van der Waals surface area (Å²) in [5.41, 5.74) is 2.83. The molecule has 26 heavy (non-hydrogen) atoms. The van der Waals surface area contributed by atoms with Crippen LogP contribution in [-0.2, 0) is 4.79 Å². The molecular formula is C21H21N3O2. The number of likely N-dealkylation sites (tertiary alicyclic amines) is 1. The molecule has 132 valence electrons. The zero-order valence-corrected chi connectivity index (χ0v) is 14.7. The summed E-state index contributed by atoms with van der Waals surface area (Å²) >= 11 is 0. The van der Waals surface area contributed by atoms with Gasteiger partial charge < -0.3 is 14.6 Å². The Balaban J connectivity index is 1.56. The third-order valence-electron chi connectivity index (χ3n) is 4.80. The number of methoxy groups -OCH3 is 1. The number of benzene rings is 2. The molecule has 5 heteroatoms. The number of hydrogen-bond donors (Lipinski definition) is 1. The van der Waals surface area contributed by atoms with Gasteiger partial charge in [-0.05, 0) is 37.1 Å². The van der Waals surface area contributed by atoms with Gasteiger partial charge in [-0.2, -0.15) is 0 Å². The molecule has 1 fully saturated rings. The molecule has 2 heterocycles. The molecule has 1 aliphatic rings. The van der Waals surface area contributed by atoms with E-state index in [0.29, 0.717) is 0 Å². The Labute approximate surface area is 152 Å². The van der Waals surface area contributed by atoms with Crippen LogP contribution < -0.4 is 4.74 Å². The van der Waals surface area contributed by atoms with Gasteiger partial charge in [-0.3, -0.25) is 4.79 Å². The first-order chi connectivity index (χ1) is 12.8. The molecular weight excluding hydrogens is 326 g/mol. The highest BCUT2D eigenvalue weighted by Gasteiger charge is 2.31. The van der Waals surface area contributed by atoms with Gasteiger partial charge in [-0.25, -0.2) is 4.98 Å². The molecule has 1 unspecified atom stereocenters. The van der Waals surface area contributed by atoms with Crippen LogP contribution in [0.1, 0.15) is 30.3 Å². The second kappa shape index (κ2) is 7.04. The molecule has 1 amide bonds. The van der Waals surface area contributed by atoms with Crippen LogP contribution >= 0.6 is 0 Å². The van der Waals surface area contributed by atoms with E-state index in [1.54, 1.807) is 13.2 Å². The quantitative estimate of drug-likeness (QED) is 0.727. The summed E-state index contributed by atoms with van der Waals surface area (Å²) in [7, 11) is 1.63. The number of nitrogens with one attached hydrogen (secondary N) is 1. The Morgan fingerprint density at radius 2 is 2.04 bits per heavy atom. The molecule has 2 aromatic carbocycles. The molecule has 1 N–H and O–H groups in total. The lowest BCUT2D eigenvalue weighted by atomic mass is 10.1.